The molecule has 0 aromatic carbocycles. The molecule has 0 saturated heterocycles. The minimum absolute atomic E-state index is 0.0656. The zero-order valence-corrected chi connectivity index (χ0v) is 10.7. The minimum Gasteiger partial charge on any atom is -0.465 e. The molecule has 0 aromatic heterocycles. The van der Waals surface area contributed by atoms with Gasteiger partial charge in [0, 0.05) is 12.5 Å². The average molecular weight is 242 g/mol. The van der Waals surface area contributed by atoms with Crippen LogP contribution in [0.25, 0.3) is 0 Å². The summed E-state index contributed by atoms with van der Waals surface area (Å²) in [6.45, 7) is 3.07. The van der Waals surface area contributed by atoms with Gasteiger partial charge in [-0.05, 0) is 39.8 Å². The van der Waals surface area contributed by atoms with E-state index in [0.717, 1.165) is 25.8 Å². The van der Waals surface area contributed by atoms with Gasteiger partial charge < -0.3 is 15.0 Å². The van der Waals surface area contributed by atoms with E-state index in [1.54, 1.807) is 11.8 Å². The van der Waals surface area contributed by atoms with Gasteiger partial charge in [-0.3, -0.25) is 9.59 Å². The van der Waals surface area contributed by atoms with E-state index < -0.39 is 0 Å². The highest BCUT2D eigenvalue weighted by Gasteiger charge is 2.33. The average Bonchev–Trinajstić information content (AvgIpc) is 3.10. The third kappa shape index (κ3) is 5.17. The Kier molecular flexibility index (Phi) is 5.97. The van der Waals surface area contributed by atoms with Crippen molar-refractivity contribution in [3.8, 4) is 0 Å². The fourth-order valence-corrected chi connectivity index (χ4v) is 1.71. The Morgan fingerprint density at radius 3 is 2.65 bits per heavy atom. The van der Waals surface area contributed by atoms with Crippen molar-refractivity contribution in [2.45, 2.75) is 38.6 Å². The lowest BCUT2D eigenvalue weighted by molar-refractivity contribution is -0.149. The number of rotatable bonds is 8. The summed E-state index contributed by atoms with van der Waals surface area (Å²) < 4.78 is 4.88. The van der Waals surface area contributed by atoms with Crippen molar-refractivity contribution in [1.82, 2.24) is 10.2 Å². The molecule has 1 aliphatic rings. The molecule has 1 amide bonds. The quantitative estimate of drug-likeness (QED) is 0.498. The summed E-state index contributed by atoms with van der Waals surface area (Å²) >= 11 is 0. The Morgan fingerprint density at radius 2 is 2.12 bits per heavy atom. The number of carbonyl (C=O) groups excluding carboxylic acids is 2. The molecule has 0 spiro atoms. The van der Waals surface area contributed by atoms with Crippen molar-refractivity contribution in [1.29, 1.82) is 0 Å². The highest BCUT2D eigenvalue weighted by atomic mass is 16.5. The first-order chi connectivity index (χ1) is 8.19. The third-order valence-electron chi connectivity index (χ3n) is 2.73. The van der Waals surface area contributed by atoms with Crippen LogP contribution in [-0.2, 0) is 14.3 Å². The van der Waals surface area contributed by atoms with Crippen molar-refractivity contribution >= 4 is 11.9 Å². The van der Waals surface area contributed by atoms with Gasteiger partial charge >= 0.3 is 5.97 Å². The molecule has 1 rings (SSSR count). The molecule has 17 heavy (non-hydrogen) atoms. The minimum atomic E-state index is -0.304. The van der Waals surface area contributed by atoms with Crippen LogP contribution in [0.2, 0.25) is 0 Å². The van der Waals surface area contributed by atoms with Crippen LogP contribution >= 0.6 is 0 Å². The second kappa shape index (κ2) is 7.27. The highest BCUT2D eigenvalue weighted by Crippen LogP contribution is 2.27. The molecule has 1 saturated carbocycles. The molecule has 0 unspecified atom stereocenters. The number of amides is 1. The van der Waals surface area contributed by atoms with Crippen LogP contribution in [0.1, 0.15) is 32.6 Å². The number of nitrogens with one attached hydrogen (secondary N) is 1. The number of ether oxygens (including phenoxy) is 1. The molecule has 0 aliphatic heterocycles. The molecule has 1 fully saturated rings. The Bertz CT molecular complexity index is 264. The van der Waals surface area contributed by atoms with E-state index in [-0.39, 0.29) is 24.5 Å². The van der Waals surface area contributed by atoms with Crippen LogP contribution in [0.15, 0.2) is 0 Å². The zero-order valence-electron chi connectivity index (χ0n) is 10.7. The van der Waals surface area contributed by atoms with Crippen molar-refractivity contribution in [3.63, 3.8) is 0 Å². The Morgan fingerprint density at radius 1 is 1.41 bits per heavy atom. The van der Waals surface area contributed by atoms with Gasteiger partial charge in [0.25, 0.3) is 0 Å². The van der Waals surface area contributed by atoms with E-state index in [0.29, 0.717) is 13.0 Å². The number of nitrogens with zero attached hydrogens (tertiary/aromatic N) is 1. The van der Waals surface area contributed by atoms with Gasteiger partial charge in [-0.15, -0.1) is 0 Å². The molecule has 5 nitrogen and oxygen atoms in total. The van der Waals surface area contributed by atoms with Crippen LogP contribution in [0, 0.1) is 0 Å². The lowest BCUT2D eigenvalue weighted by atomic mass is 10.2. The van der Waals surface area contributed by atoms with Crippen LogP contribution < -0.4 is 5.32 Å². The lowest BCUT2D eigenvalue weighted by Gasteiger charge is -2.21. The fourth-order valence-electron chi connectivity index (χ4n) is 1.71. The van der Waals surface area contributed by atoms with Gasteiger partial charge in [0.15, 0.2) is 0 Å². The Balaban J connectivity index is 2.36. The van der Waals surface area contributed by atoms with Crippen LogP contribution in [0.4, 0.5) is 0 Å². The van der Waals surface area contributed by atoms with E-state index in [1.165, 1.54) is 0 Å². The summed E-state index contributed by atoms with van der Waals surface area (Å²) in [5.41, 5.74) is 0. The van der Waals surface area contributed by atoms with Crippen molar-refractivity contribution < 1.29 is 14.3 Å². The Hall–Kier alpha value is -1.10. The fraction of sp³-hybridized carbons (Fsp3) is 0.833. The Labute approximate surface area is 102 Å². The van der Waals surface area contributed by atoms with E-state index in [9.17, 15) is 9.59 Å². The zero-order chi connectivity index (χ0) is 12.7. The predicted molar refractivity (Wildman–Crippen MR) is 64.5 cm³/mol. The smallest absolute Gasteiger partial charge is 0.325 e. The summed E-state index contributed by atoms with van der Waals surface area (Å²) in [6.07, 6.45) is 3.33. The van der Waals surface area contributed by atoms with Crippen LogP contribution in [0.5, 0.6) is 0 Å². The first-order valence-electron chi connectivity index (χ1n) is 6.28. The third-order valence-corrected chi connectivity index (χ3v) is 2.73. The predicted octanol–water partition coefficient (Wildman–Crippen LogP) is 0.540. The van der Waals surface area contributed by atoms with Crippen LogP contribution in [-0.4, -0.2) is 49.6 Å². The van der Waals surface area contributed by atoms with Gasteiger partial charge in [-0.25, -0.2) is 0 Å². The molecule has 1 N–H and O–H groups in total. The number of carbonyl (C=O) groups is 2. The molecule has 0 radical (unpaired) electrons. The van der Waals surface area contributed by atoms with E-state index in [4.69, 9.17) is 4.74 Å². The summed E-state index contributed by atoms with van der Waals surface area (Å²) in [7, 11) is 1.86. The highest BCUT2D eigenvalue weighted by molar-refractivity contribution is 5.82. The molecule has 98 valence electrons. The van der Waals surface area contributed by atoms with Crippen molar-refractivity contribution in [3.05, 3.63) is 0 Å². The monoisotopic (exact) mass is 242 g/mol. The molecule has 0 aromatic rings. The van der Waals surface area contributed by atoms with E-state index >= 15 is 0 Å². The van der Waals surface area contributed by atoms with Gasteiger partial charge in [-0.1, -0.05) is 0 Å². The molecule has 0 bridgehead atoms. The molecular formula is C12H22N2O3. The standard InChI is InChI=1S/C12H22N2O3/c1-3-17-12(16)9-14(10-6-7-10)11(15)5-4-8-13-2/h10,13H,3-9H2,1-2H3. The summed E-state index contributed by atoms with van der Waals surface area (Å²) in [4.78, 5) is 25.0. The summed E-state index contributed by atoms with van der Waals surface area (Å²) in [5.74, 6) is -0.239. The van der Waals surface area contributed by atoms with Gasteiger partial charge in [-0.2, -0.15) is 0 Å². The van der Waals surface area contributed by atoms with Crippen LogP contribution in [0.3, 0.4) is 0 Å². The number of hydrogen-bond donors (Lipinski definition) is 1. The topological polar surface area (TPSA) is 58.6 Å². The van der Waals surface area contributed by atoms with Crippen molar-refractivity contribution in [2.24, 2.45) is 0 Å². The van der Waals surface area contributed by atoms with E-state index in [2.05, 4.69) is 5.32 Å². The SMILES string of the molecule is CCOC(=O)CN(C(=O)CCCNC)C1CC1. The number of hydrogen-bond acceptors (Lipinski definition) is 4. The van der Waals surface area contributed by atoms with Gasteiger partial charge in [0.1, 0.15) is 6.54 Å². The van der Waals surface area contributed by atoms with Gasteiger partial charge in [0.2, 0.25) is 5.91 Å². The molecule has 0 heterocycles. The molecule has 0 atom stereocenters. The largest absolute Gasteiger partial charge is 0.465 e. The second-order valence-electron chi connectivity index (χ2n) is 4.26. The number of esters is 1. The molecule has 5 heteroatoms. The molecule has 1 aliphatic carbocycles. The first-order valence-corrected chi connectivity index (χ1v) is 6.28. The lowest BCUT2D eigenvalue weighted by Crippen LogP contribution is -2.38. The molecular weight excluding hydrogens is 220 g/mol. The van der Waals surface area contributed by atoms with Gasteiger partial charge in [0.05, 0.1) is 6.61 Å². The summed E-state index contributed by atoms with van der Waals surface area (Å²) in [5, 5.41) is 3.01. The maximum atomic E-state index is 11.9. The van der Waals surface area contributed by atoms with E-state index in [1.807, 2.05) is 7.05 Å². The van der Waals surface area contributed by atoms with Crippen molar-refractivity contribution in [2.75, 3.05) is 26.7 Å². The first kappa shape index (κ1) is 14.0. The normalized spacial score (nSPS) is 14.5. The summed E-state index contributed by atoms with van der Waals surface area (Å²) in [6, 6.07) is 0.265. The second-order valence-corrected chi connectivity index (χ2v) is 4.26. The maximum Gasteiger partial charge on any atom is 0.325 e. The maximum absolute atomic E-state index is 11.9.